The van der Waals surface area contributed by atoms with E-state index in [9.17, 15) is 14.9 Å². The van der Waals surface area contributed by atoms with Gasteiger partial charge < -0.3 is 10.2 Å². The van der Waals surface area contributed by atoms with Crippen LogP contribution in [0.25, 0.3) is 0 Å². The molecule has 1 aromatic rings. The van der Waals surface area contributed by atoms with Crippen molar-refractivity contribution in [1.29, 1.82) is 0 Å². The number of rotatable bonds is 9. The molecule has 0 bridgehead atoms. The van der Waals surface area contributed by atoms with Crippen molar-refractivity contribution in [3.8, 4) is 0 Å². The topological polar surface area (TPSA) is 93.3 Å². The second kappa shape index (κ2) is 8.35. The van der Waals surface area contributed by atoms with Crippen LogP contribution in [-0.2, 0) is 11.3 Å². The number of carbonyl (C=O) groups is 1. The van der Waals surface area contributed by atoms with E-state index < -0.39 is 4.92 Å². The number of nitrogens with zero attached hydrogens (tertiary/aromatic N) is 4. The highest BCUT2D eigenvalue weighted by Crippen LogP contribution is 2.14. The Balaban J connectivity index is 2.34. The molecule has 0 spiro atoms. The molecule has 1 amide bonds. The quantitative estimate of drug-likeness (QED) is 0.416. The molecule has 0 aromatic carbocycles. The van der Waals surface area contributed by atoms with E-state index in [2.05, 4.69) is 29.2 Å². The van der Waals surface area contributed by atoms with E-state index in [-0.39, 0.29) is 18.1 Å². The standard InChI is InChI=1S/C13H23N5O3/c1-4-16(5-2)8-6-7-14-13(19)10-17-9-12(18(20)21)11(3)15-17/h9H,4-8,10H2,1-3H3,(H,14,19). The summed E-state index contributed by atoms with van der Waals surface area (Å²) in [5.74, 6) is -0.188. The molecule has 118 valence electrons. The highest BCUT2D eigenvalue weighted by Gasteiger charge is 2.16. The first kappa shape index (κ1) is 17.1. The van der Waals surface area contributed by atoms with Crippen molar-refractivity contribution in [3.05, 3.63) is 22.0 Å². The predicted octanol–water partition coefficient (Wildman–Crippen LogP) is 0.948. The number of nitro groups is 1. The van der Waals surface area contributed by atoms with Gasteiger partial charge in [0.25, 0.3) is 0 Å². The molecule has 1 aromatic heterocycles. The lowest BCUT2D eigenvalue weighted by atomic mass is 10.3. The van der Waals surface area contributed by atoms with Crippen LogP contribution in [0.5, 0.6) is 0 Å². The largest absolute Gasteiger partial charge is 0.354 e. The van der Waals surface area contributed by atoms with Crippen LogP contribution in [0.2, 0.25) is 0 Å². The van der Waals surface area contributed by atoms with Gasteiger partial charge in [0, 0.05) is 6.54 Å². The van der Waals surface area contributed by atoms with Gasteiger partial charge in [0.1, 0.15) is 18.4 Å². The number of hydrogen-bond donors (Lipinski definition) is 1. The number of nitrogens with one attached hydrogen (secondary N) is 1. The molecule has 0 saturated carbocycles. The van der Waals surface area contributed by atoms with E-state index in [0.29, 0.717) is 12.2 Å². The molecule has 8 nitrogen and oxygen atoms in total. The smallest absolute Gasteiger partial charge is 0.309 e. The Morgan fingerprint density at radius 3 is 2.67 bits per heavy atom. The average molecular weight is 297 g/mol. The van der Waals surface area contributed by atoms with Gasteiger partial charge >= 0.3 is 5.69 Å². The predicted molar refractivity (Wildman–Crippen MR) is 79.0 cm³/mol. The molecule has 21 heavy (non-hydrogen) atoms. The second-order valence-corrected chi connectivity index (χ2v) is 4.78. The molecule has 0 radical (unpaired) electrons. The van der Waals surface area contributed by atoms with Crippen LogP contribution in [0.1, 0.15) is 26.0 Å². The Bertz CT molecular complexity index is 482. The highest BCUT2D eigenvalue weighted by atomic mass is 16.6. The van der Waals surface area contributed by atoms with E-state index in [4.69, 9.17) is 0 Å². The first-order chi connectivity index (χ1) is 9.97. The van der Waals surface area contributed by atoms with Crippen LogP contribution in [0.4, 0.5) is 5.69 Å². The van der Waals surface area contributed by atoms with Gasteiger partial charge in [-0.25, -0.2) is 0 Å². The normalized spacial score (nSPS) is 10.9. The maximum absolute atomic E-state index is 11.7. The van der Waals surface area contributed by atoms with Crippen LogP contribution < -0.4 is 5.32 Å². The Kier molecular flexibility index (Phi) is 6.80. The molecule has 1 heterocycles. The minimum absolute atomic E-state index is 0.0000498. The zero-order valence-corrected chi connectivity index (χ0v) is 12.8. The van der Waals surface area contributed by atoms with Crippen LogP contribution in [-0.4, -0.2) is 51.7 Å². The first-order valence-electron chi connectivity index (χ1n) is 7.15. The molecule has 0 aliphatic rings. The van der Waals surface area contributed by atoms with Crippen LogP contribution >= 0.6 is 0 Å². The van der Waals surface area contributed by atoms with E-state index in [1.165, 1.54) is 10.9 Å². The zero-order valence-electron chi connectivity index (χ0n) is 12.8. The average Bonchev–Trinajstić information content (AvgIpc) is 2.80. The SMILES string of the molecule is CCN(CC)CCCNC(=O)Cn1cc([N+](=O)[O-])c(C)n1. The van der Waals surface area contributed by atoms with E-state index in [1.807, 2.05) is 0 Å². The van der Waals surface area contributed by atoms with Gasteiger partial charge in [-0.1, -0.05) is 13.8 Å². The summed E-state index contributed by atoms with van der Waals surface area (Å²) >= 11 is 0. The van der Waals surface area contributed by atoms with Crippen molar-refractivity contribution in [2.75, 3.05) is 26.2 Å². The number of aromatic nitrogens is 2. The summed E-state index contributed by atoms with van der Waals surface area (Å²) in [6, 6.07) is 0. The van der Waals surface area contributed by atoms with Crippen LogP contribution in [0.15, 0.2) is 6.20 Å². The summed E-state index contributed by atoms with van der Waals surface area (Å²) in [6.07, 6.45) is 2.16. The summed E-state index contributed by atoms with van der Waals surface area (Å²) in [4.78, 5) is 24.2. The fraction of sp³-hybridized carbons (Fsp3) is 0.692. The molecular weight excluding hydrogens is 274 g/mol. The molecule has 8 heteroatoms. The highest BCUT2D eigenvalue weighted by molar-refractivity contribution is 5.75. The first-order valence-corrected chi connectivity index (χ1v) is 7.15. The Labute approximate surface area is 124 Å². The lowest BCUT2D eigenvalue weighted by Gasteiger charge is -2.17. The second-order valence-electron chi connectivity index (χ2n) is 4.78. The van der Waals surface area contributed by atoms with Gasteiger partial charge in [0.05, 0.1) is 4.92 Å². The van der Waals surface area contributed by atoms with Gasteiger partial charge in [-0.3, -0.25) is 19.6 Å². The van der Waals surface area contributed by atoms with Crippen molar-refractivity contribution < 1.29 is 9.72 Å². The van der Waals surface area contributed by atoms with Gasteiger partial charge in [-0.15, -0.1) is 0 Å². The van der Waals surface area contributed by atoms with Crippen molar-refractivity contribution in [2.45, 2.75) is 33.7 Å². The lowest BCUT2D eigenvalue weighted by Crippen LogP contribution is -2.31. The molecule has 0 saturated heterocycles. The summed E-state index contributed by atoms with van der Waals surface area (Å²) in [7, 11) is 0. The van der Waals surface area contributed by atoms with Crippen molar-refractivity contribution in [3.63, 3.8) is 0 Å². The summed E-state index contributed by atoms with van der Waals surface area (Å²) in [5, 5.41) is 17.5. The zero-order chi connectivity index (χ0) is 15.8. The summed E-state index contributed by atoms with van der Waals surface area (Å²) < 4.78 is 1.30. The molecular formula is C13H23N5O3. The van der Waals surface area contributed by atoms with Gasteiger partial charge in [-0.05, 0) is 33.0 Å². The molecule has 0 unspecified atom stereocenters. The maximum Gasteiger partial charge on any atom is 0.309 e. The lowest BCUT2D eigenvalue weighted by molar-refractivity contribution is -0.385. The summed E-state index contributed by atoms with van der Waals surface area (Å²) in [5.41, 5.74) is 0.249. The van der Waals surface area contributed by atoms with Crippen LogP contribution in [0.3, 0.4) is 0 Å². The third kappa shape index (κ3) is 5.50. The number of carbonyl (C=O) groups excluding carboxylic acids is 1. The number of amides is 1. The Morgan fingerprint density at radius 2 is 2.14 bits per heavy atom. The fourth-order valence-electron chi connectivity index (χ4n) is 2.04. The minimum atomic E-state index is -0.499. The Morgan fingerprint density at radius 1 is 1.48 bits per heavy atom. The van der Waals surface area contributed by atoms with Gasteiger partial charge in [0.15, 0.2) is 0 Å². The van der Waals surface area contributed by atoms with E-state index in [1.54, 1.807) is 6.92 Å². The molecule has 0 aliphatic carbocycles. The third-order valence-corrected chi connectivity index (χ3v) is 3.29. The molecule has 0 atom stereocenters. The van der Waals surface area contributed by atoms with Crippen molar-refractivity contribution in [1.82, 2.24) is 20.0 Å². The minimum Gasteiger partial charge on any atom is -0.354 e. The molecule has 0 fully saturated rings. The molecule has 0 aliphatic heterocycles. The van der Waals surface area contributed by atoms with E-state index in [0.717, 1.165) is 26.1 Å². The molecule has 1 N–H and O–H groups in total. The fourth-order valence-corrected chi connectivity index (χ4v) is 2.04. The van der Waals surface area contributed by atoms with Gasteiger partial charge in [-0.2, -0.15) is 5.10 Å². The van der Waals surface area contributed by atoms with Crippen LogP contribution in [0, 0.1) is 17.0 Å². The van der Waals surface area contributed by atoms with E-state index >= 15 is 0 Å². The number of hydrogen-bond acceptors (Lipinski definition) is 5. The third-order valence-electron chi connectivity index (χ3n) is 3.29. The van der Waals surface area contributed by atoms with Crippen molar-refractivity contribution >= 4 is 11.6 Å². The Hall–Kier alpha value is -1.96. The van der Waals surface area contributed by atoms with Gasteiger partial charge in [0.2, 0.25) is 5.91 Å². The maximum atomic E-state index is 11.7. The summed E-state index contributed by atoms with van der Waals surface area (Å²) in [6.45, 7) is 9.30. The molecule has 1 rings (SSSR count). The monoisotopic (exact) mass is 297 g/mol. The van der Waals surface area contributed by atoms with Crippen molar-refractivity contribution in [2.24, 2.45) is 0 Å². The number of aryl methyl sites for hydroxylation is 1.